The SMILES string of the molecule is C.CC.CCc1cccnc1.CN1Cc2ccccc2C1=O.CN1Cc2ccccc2C1=O.Cc1cccnc1.I.II.I[I-]I. The van der Waals surface area contributed by atoms with E-state index in [2.05, 4.69) is 97.4 Å². The second kappa shape index (κ2) is 32.3. The van der Waals surface area contributed by atoms with E-state index >= 15 is 0 Å². The molecule has 6 rings (SSSR count). The Balaban J connectivity index is -0.000000502. The summed E-state index contributed by atoms with van der Waals surface area (Å²) in [6, 6.07) is 23.5. The number of benzene rings is 2. The summed E-state index contributed by atoms with van der Waals surface area (Å²) in [7, 11) is 3.64. The fourth-order valence-electron chi connectivity index (χ4n) is 3.85. The molecule has 2 aromatic carbocycles. The maximum absolute atomic E-state index is 11.3. The summed E-state index contributed by atoms with van der Waals surface area (Å²) >= 11 is 9.54. The minimum absolute atomic E-state index is 0. The van der Waals surface area contributed by atoms with E-state index in [9.17, 15) is 9.59 Å². The molecule has 0 radical (unpaired) electrons. The van der Waals surface area contributed by atoms with Gasteiger partial charge in [-0.25, -0.2) is 0 Å². The quantitative estimate of drug-likeness (QED) is 0.180. The zero-order valence-electron chi connectivity index (χ0n) is 26.3. The third-order valence-corrected chi connectivity index (χ3v) is 5.94. The van der Waals surface area contributed by atoms with E-state index in [-0.39, 0.29) is 43.2 Å². The molecule has 0 aliphatic carbocycles. The number of carbonyl (C=O) groups is 2. The summed E-state index contributed by atoms with van der Waals surface area (Å²) in [6.45, 7) is 9.66. The van der Waals surface area contributed by atoms with E-state index < -0.39 is 0 Å². The molecule has 0 spiro atoms. The first-order valence-corrected chi connectivity index (χ1v) is 32.6. The van der Waals surface area contributed by atoms with Gasteiger partial charge in [0.25, 0.3) is 11.8 Å². The van der Waals surface area contributed by atoms with Gasteiger partial charge in [-0.2, -0.15) is 0 Å². The van der Waals surface area contributed by atoms with Crippen LogP contribution in [0.4, 0.5) is 0 Å². The van der Waals surface area contributed by atoms with E-state index in [1.807, 2.05) is 114 Å². The van der Waals surface area contributed by atoms with Crippen LogP contribution in [0.3, 0.4) is 0 Å². The van der Waals surface area contributed by atoms with E-state index in [0.717, 1.165) is 41.8 Å². The van der Waals surface area contributed by atoms with Crippen LogP contribution in [0.5, 0.6) is 0 Å². The summed E-state index contributed by atoms with van der Waals surface area (Å²) in [5.74, 6) is 0.279. The fraction of sp³-hybridized carbons (Fsp3) is 0.294. The molecule has 2 amide bonds. The molecule has 0 saturated heterocycles. The molecule has 0 fully saturated rings. The number of rotatable bonds is 1. The third-order valence-electron chi connectivity index (χ3n) is 5.94. The molecular formula is C34H45I6N4O2-. The average molecular weight is 1300 g/mol. The number of aryl methyl sites for hydroxylation is 2. The zero-order valence-corrected chi connectivity index (χ0v) is 39.4. The third kappa shape index (κ3) is 19.9. The Kier molecular flexibility index (Phi) is 35.4. The first-order chi connectivity index (χ1) is 21.3. The number of fused-ring (bicyclic) bond motifs is 2. The van der Waals surface area contributed by atoms with Crippen molar-refractivity contribution in [1.82, 2.24) is 19.8 Å². The Morgan fingerprint density at radius 1 is 0.717 bits per heavy atom. The summed E-state index contributed by atoms with van der Waals surface area (Å²) in [4.78, 5) is 33.9. The normalized spacial score (nSPS) is 11.0. The Morgan fingerprint density at radius 3 is 1.37 bits per heavy atom. The topological polar surface area (TPSA) is 66.4 Å². The van der Waals surface area contributed by atoms with Crippen molar-refractivity contribution in [2.75, 3.05) is 14.1 Å². The van der Waals surface area contributed by atoms with E-state index in [0.29, 0.717) is 13.3 Å². The van der Waals surface area contributed by atoms with Crippen molar-refractivity contribution in [3.05, 3.63) is 131 Å². The number of hydrogen-bond acceptors (Lipinski definition) is 4. The molecule has 0 unspecified atom stereocenters. The minimum atomic E-state index is 0. The van der Waals surface area contributed by atoms with E-state index in [1.165, 1.54) is 11.1 Å². The standard InChI is InChI=1S/2C9H9NO.C7H9N.C6H7N.C2H6.CH4.I3.I2.HI/c2*1-10-6-7-4-2-3-5-8(7)9(10)11;1-2-7-4-3-5-8-6-7;1-6-3-2-4-7-5-6;1-2;;1-3-2;1-2;/h2*2-5H,6H2,1H3;3-6H,2H2,1H3;2-5H,1H3;1-2H3;1H4;;;1H/q;;;;;;-1;;. The van der Waals surface area contributed by atoms with Crippen LogP contribution >= 0.6 is 98.4 Å². The van der Waals surface area contributed by atoms with Gasteiger partial charge < -0.3 is 9.80 Å². The van der Waals surface area contributed by atoms with Crippen molar-refractivity contribution in [3.8, 4) is 0 Å². The number of halogens is 6. The van der Waals surface area contributed by atoms with Gasteiger partial charge in [0.2, 0.25) is 0 Å². The summed E-state index contributed by atoms with van der Waals surface area (Å²) in [5, 5.41) is 0. The molecule has 0 N–H and O–H groups in total. The Labute approximate surface area is 347 Å². The molecule has 4 heterocycles. The van der Waals surface area contributed by atoms with Gasteiger partial charge in [-0.1, -0.05) is 76.7 Å². The maximum atomic E-state index is 11.3. The Bertz CT molecular complexity index is 1270. The molecule has 0 atom stereocenters. The molecule has 2 aliphatic heterocycles. The van der Waals surface area contributed by atoms with Crippen molar-refractivity contribution < 1.29 is 22.8 Å². The molecular weight excluding hydrogens is 1260 g/mol. The predicted octanol–water partition coefficient (Wildman–Crippen LogP) is 8.41. The fourth-order valence-corrected chi connectivity index (χ4v) is 3.85. The number of carbonyl (C=O) groups excluding carboxylic acids is 2. The molecule has 2 aromatic heterocycles. The van der Waals surface area contributed by atoms with Gasteiger partial charge in [0.1, 0.15) is 0 Å². The molecule has 6 nitrogen and oxygen atoms in total. The van der Waals surface area contributed by atoms with Gasteiger partial charge in [-0.15, -0.1) is 24.0 Å². The van der Waals surface area contributed by atoms with Crippen LogP contribution in [0.15, 0.2) is 97.6 Å². The second-order valence-corrected chi connectivity index (χ2v) is 25.2. The molecule has 12 heteroatoms. The van der Waals surface area contributed by atoms with Gasteiger partial charge in [0, 0.05) is 100 Å². The van der Waals surface area contributed by atoms with Crippen LogP contribution in [0.1, 0.15) is 71.2 Å². The number of hydrogen-bond donors (Lipinski definition) is 0. The zero-order chi connectivity index (χ0) is 33.3. The van der Waals surface area contributed by atoms with Crippen LogP contribution in [-0.4, -0.2) is 45.7 Å². The molecule has 2 aliphatic rings. The van der Waals surface area contributed by atoms with Gasteiger partial charge in [0.15, 0.2) is 0 Å². The molecule has 0 bridgehead atoms. The molecule has 0 saturated carbocycles. The van der Waals surface area contributed by atoms with E-state index in [4.69, 9.17) is 0 Å². The van der Waals surface area contributed by atoms with Gasteiger partial charge >= 0.3 is 50.5 Å². The number of amides is 2. The van der Waals surface area contributed by atoms with Crippen LogP contribution in [0.25, 0.3) is 0 Å². The Morgan fingerprint density at radius 2 is 1.11 bits per heavy atom. The van der Waals surface area contributed by atoms with Crippen molar-refractivity contribution in [3.63, 3.8) is 0 Å². The van der Waals surface area contributed by atoms with Crippen molar-refractivity contribution in [1.29, 1.82) is 0 Å². The number of aromatic nitrogens is 2. The van der Waals surface area contributed by atoms with Crippen molar-refractivity contribution >= 4 is 110 Å². The van der Waals surface area contributed by atoms with Crippen LogP contribution < -0.4 is 13.3 Å². The van der Waals surface area contributed by atoms with Crippen LogP contribution in [-0.2, 0) is 19.5 Å². The molecule has 4 aromatic rings. The predicted molar refractivity (Wildman–Crippen MR) is 237 cm³/mol. The number of nitrogens with zero attached hydrogens (tertiary/aromatic N) is 4. The average Bonchev–Trinajstić information content (AvgIpc) is 3.54. The van der Waals surface area contributed by atoms with Gasteiger partial charge in [-0.05, 0) is 59.9 Å². The molecule has 46 heavy (non-hydrogen) atoms. The van der Waals surface area contributed by atoms with Gasteiger partial charge in [-0.3, -0.25) is 19.6 Å². The van der Waals surface area contributed by atoms with Gasteiger partial charge in [0.05, 0.1) is 0 Å². The van der Waals surface area contributed by atoms with Crippen LogP contribution in [0, 0.1) is 6.92 Å². The Hall–Kier alpha value is 0.0600. The summed E-state index contributed by atoms with van der Waals surface area (Å²) < 4.78 is 0. The first-order valence-electron chi connectivity index (χ1n) is 13.8. The molecule has 256 valence electrons. The second-order valence-electron chi connectivity index (χ2n) is 8.94. The van der Waals surface area contributed by atoms with E-state index in [1.54, 1.807) is 22.2 Å². The van der Waals surface area contributed by atoms with Crippen molar-refractivity contribution in [2.24, 2.45) is 0 Å². The first kappa shape index (κ1) is 50.4. The summed E-state index contributed by atoms with van der Waals surface area (Å²) in [5.41, 5.74) is 6.50. The summed E-state index contributed by atoms with van der Waals surface area (Å²) in [6.07, 6.45) is 8.36. The van der Waals surface area contributed by atoms with Crippen LogP contribution in [0.2, 0.25) is 0 Å². The number of pyridine rings is 2. The monoisotopic (exact) mass is 1300 g/mol. The van der Waals surface area contributed by atoms with Crippen molar-refractivity contribution in [2.45, 2.75) is 54.6 Å².